The van der Waals surface area contributed by atoms with Crippen LogP contribution < -0.4 is 9.64 Å². The number of carbonyl (C=O) groups is 1. The van der Waals surface area contributed by atoms with E-state index in [4.69, 9.17) is 4.74 Å². The molecule has 0 spiro atoms. The molecule has 3 saturated heterocycles. The molecule has 3 aliphatic heterocycles. The molecule has 3 atom stereocenters. The second kappa shape index (κ2) is 9.37. The number of halogens is 6. The van der Waals surface area contributed by atoms with Crippen LogP contribution in [-0.2, 0) is 6.18 Å². The lowest BCUT2D eigenvalue weighted by molar-refractivity contribution is -0.138. The highest BCUT2D eigenvalue weighted by Crippen LogP contribution is 2.43. The summed E-state index contributed by atoms with van der Waals surface area (Å²) in [5.41, 5.74) is -2.12. The number of benzene rings is 1. The van der Waals surface area contributed by atoms with Gasteiger partial charge in [-0.3, -0.25) is 4.90 Å². The minimum Gasteiger partial charge on any atom is -0.465 e. The van der Waals surface area contributed by atoms with Gasteiger partial charge in [-0.1, -0.05) is 0 Å². The van der Waals surface area contributed by atoms with Crippen molar-refractivity contribution in [3.63, 3.8) is 0 Å². The van der Waals surface area contributed by atoms with E-state index >= 15 is 4.39 Å². The van der Waals surface area contributed by atoms with Crippen LogP contribution in [0.5, 0.6) is 6.01 Å². The van der Waals surface area contributed by atoms with E-state index in [0.717, 1.165) is 25.5 Å². The van der Waals surface area contributed by atoms with Crippen LogP contribution in [0.3, 0.4) is 0 Å². The number of likely N-dealkylation sites (tertiary alicyclic amines) is 1. The summed E-state index contributed by atoms with van der Waals surface area (Å²) in [7, 11) is 1.57. The SMILES string of the molecule is CN(c1nc(OC[C@@]23CCCN2C[C@H](F)C3)nc2c(F)c(Br)c(C(F)(F)F)cc12)[C@@H]1CCN(C(=O)O)C1. The molecule has 0 bridgehead atoms. The fourth-order valence-electron chi connectivity index (χ4n) is 5.76. The van der Waals surface area contributed by atoms with Gasteiger partial charge in [-0.25, -0.2) is 13.6 Å². The van der Waals surface area contributed by atoms with Crippen LogP contribution in [0.4, 0.5) is 32.6 Å². The average Bonchev–Trinajstić information content (AvgIpc) is 3.53. The second-order valence-corrected chi connectivity index (χ2v) is 10.7. The number of alkyl halides is 4. The molecule has 8 nitrogen and oxygen atoms in total. The van der Waals surface area contributed by atoms with E-state index in [1.165, 1.54) is 4.90 Å². The average molecular weight is 594 g/mol. The maximum atomic E-state index is 15.3. The molecule has 0 aliphatic carbocycles. The Bertz CT molecular complexity index is 1230. The summed E-state index contributed by atoms with van der Waals surface area (Å²) in [5.74, 6) is -1.22. The van der Waals surface area contributed by atoms with Gasteiger partial charge in [0.25, 0.3) is 0 Å². The number of fused-ring (bicyclic) bond motifs is 2. The van der Waals surface area contributed by atoms with Crippen molar-refractivity contribution in [1.82, 2.24) is 19.8 Å². The fourth-order valence-corrected chi connectivity index (χ4v) is 6.29. The van der Waals surface area contributed by atoms with Crippen molar-refractivity contribution in [3.8, 4) is 6.01 Å². The first-order valence-corrected chi connectivity index (χ1v) is 12.7. The van der Waals surface area contributed by atoms with E-state index in [2.05, 4.69) is 25.9 Å². The monoisotopic (exact) mass is 593 g/mol. The molecule has 3 aliphatic rings. The minimum absolute atomic E-state index is 0.00953. The predicted molar refractivity (Wildman–Crippen MR) is 127 cm³/mol. The van der Waals surface area contributed by atoms with Crippen LogP contribution in [0.25, 0.3) is 10.9 Å². The van der Waals surface area contributed by atoms with Gasteiger partial charge in [0.05, 0.1) is 15.6 Å². The molecule has 202 valence electrons. The highest BCUT2D eigenvalue weighted by molar-refractivity contribution is 9.10. The predicted octanol–water partition coefficient (Wildman–Crippen LogP) is 4.69. The number of likely N-dealkylation sites (N-methyl/N-ethyl adjacent to an activating group) is 1. The Kier molecular flexibility index (Phi) is 6.62. The Morgan fingerprint density at radius 2 is 2.08 bits per heavy atom. The van der Waals surface area contributed by atoms with Crippen LogP contribution in [0.1, 0.15) is 31.2 Å². The van der Waals surface area contributed by atoms with Crippen molar-refractivity contribution in [2.75, 3.05) is 44.7 Å². The van der Waals surface area contributed by atoms with Crippen LogP contribution in [0, 0.1) is 5.82 Å². The maximum absolute atomic E-state index is 15.3. The van der Waals surface area contributed by atoms with Crippen LogP contribution in [0.15, 0.2) is 10.5 Å². The highest BCUT2D eigenvalue weighted by atomic mass is 79.9. The fraction of sp³-hybridized carbons (Fsp3) is 0.609. The third kappa shape index (κ3) is 4.66. The highest BCUT2D eigenvalue weighted by Gasteiger charge is 2.49. The first-order valence-electron chi connectivity index (χ1n) is 11.9. The Hall–Kier alpha value is -2.48. The number of rotatable bonds is 5. The lowest BCUT2D eigenvalue weighted by atomic mass is 9.95. The summed E-state index contributed by atoms with van der Waals surface area (Å²) in [6, 6.07) is 0.134. The Morgan fingerprint density at radius 1 is 1.32 bits per heavy atom. The van der Waals surface area contributed by atoms with Crippen molar-refractivity contribution >= 4 is 38.7 Å². The summed E-state index contributed by atoms with van der Waals surface area (Å²) >= 11 is 2.72. The van der Waals surface area contributed by atoms with Gasteiger partial charge in [0.2, 0.25) is 0 Å². The van der Waals surface area contributed by atoms with Crippen LogP contribution in [-0.4, -0.2) is 88.6 Å². The van der Waals surface area contributed by atoms with Gasteiger partial charge in [-0.2, -0.15) is 23.1 Å². The van der Waals surface area contributed by atoms with Crippen molar-refractivity contribution in [3.05, 3.63) is 21.9 Å². The summed E-state index contributed by atoms with van der Waals surface area (Å²) in [6.45, 7) is 1.45. The standard InChI is InChI=1S/C23H25BrF5N5O3/c1-32(13-3-6-33(10-13)21(35)36)19-14-7-15(23(27,28)29)16(24)17(26)18(14)30-20(31-19)37-11-22-4-2-5-34(22)9-12(25)8-22/h7,12-13H,2-6,8-11H2,1H3,(H,35,36)/t12-,13-,22+/m1/s1. The van der Waals surface area contributed by atoms with E-state index < -0.39 is 45.9 Å². The Balaban J connectivity index is 1.56. The molecule has 1 aromatic carbocycles. The first kappa shape index (κ1) is 26.1. The van der Waals surface area contributed by atoms with Gasteiger partial charge < -0.3 is 19.6 Å². The van der Waals surface area contributed by atoms with Gasteiger partial charge in [-0.15, -0.1) is 0 Å². The molecule has 1 aromatic heterocycles. The molecule has 0 radical (unpaired) electrons. The Morgan fingerprint density at radius 3 is 2.76 bits per heavy atom. The van der Waals surface area contributed by atoms with Crippen molar-refractivity contribution in [2.24, 2.45) is 0 Å². The lowest BCUT2D eigenvalue weighted by Gasteiger charge is -2.31. The number of amides is 1. The summed E-state index contributed by atoms with van der Waals surface area (Å²) in [5, 5.41) is 9.13. The van der Waals surface area contributed by atoms with E-state index in [9.17, 15) is 27.5 Å². The van der Waals surface area contributed by atoms with Gasteiger partial charge in [0, 0.05) is 44.5 Å². The Labute approximate surface area is 217 Å². The molecular formula is C23H25BrF5N5O3. The number of hydrogen-bond acceptors (Lipinski definition) is 6. The van der Waals surface area contributed by atoms with Gasteiger partial charge >= 0.3 is 18.3 Å². The molecule has 1 amide bonds. The molecule has 37 heavy (non-hydrogen) atoms. The smallest absolute Gasteiger partial charge is 0.417 e. The van der Waals surface area contributed by atoms with E-state index in [1.54, 1.807) is 11.9 Å². The zero-order chi connectivity index (χ0) is 26.7. The maximum Gasteiger partial charge on any atom is 0.417 e. The zero-order valence-corrected chi connectivity index (χ0v) is 21.4. The third-order valence-corrected chi connectivity index (χ3v) is 8.46. The van der Waals surface area contributed by atoms with Crippen molar-refractivity contribution in [1.29, 1.82) is 0 Å². The molecule has 14 heteroatoms. The van der Waals surface area contributed by atoms with E-state index in [-0.39, 0.29) is 48.8 Å². The van der Waals surface area contributed by atoms with Gasteiger partial charge in [-0.05, 0) is 47.8 Å². The molecule has 0 saturated carbocycles. The molecule has 4 heterocycles. The largest absolute Gasteiger partial charge is 0.465 e. The van der Waals surface area contributed by atoms with Crippen molar-refractivity contribution in [2.45, 2.75) is 49.6 Å². The van der Waals surface area contributed by atoms with Gasteiger partial charge in [0.1, 0.15) is 24.1 Å². The number of aromatic nitrogens is 2. The minimum atomic E-state index is -4.84. The lowest BCUT2D eigenvalue weighted by Crippen LogP contribution is -2.43. The zero-order valence-electron chi connectivity index (χ0n) is 19.9. The summed E-state index contributed by atoms with van der Waals surface area (Å²) in [4.78, 5) is 24.6. The quantitative estimate of drug-likeness (QED) is 0.503. The summed E-state index contributed by atoms with van der Waals surface area (Å²) < 4.78 is 75.6. The molecule has 3 fully saturated rings. The normalized spacial score (nSPS) is 26.2. The van der Waals surface area contributed by atoms with Gasteiger partial charge in [0.15, 0.2) is 5.82 Å². The second-order valence-electron chi connectivity index (χ2n) is 9.92. The van der Waals surface area contributed by atoms with E-state index in [1.807, 2.05) is 4.90 Å². The number of carboxylic acid groups (broad SMARTS) is 1. The van der Waals surface area contributed by atoms with Crippen LogP contribution >= 0.6 is 15.9 Å². The first-order chi connectivity index (χ1) is 17.4. The number of anilines is 1. The molecule has 5 rings (SSSR count). The molecular weight excluding hydrogens is 569 g/mol. The number of nitrogens with zero attached hydrogens (tertiary/aromatic N) is 5. The number of ether oxygens (including phenoxy) is 1. The van der Waals surface area contributed by atoms with Crippen molar-refractivity contribution < 1.29 is 36.6 Å². The van der Waals surface area contributed by atoms with E-state index in [0.29, 0.717) is 13.0 Å². The topological polar surface area (TPSA) is 82.0 Å². The van der Waals surface area contributed by atoms with Crippen LogP contribution in [0.2, 0.25) is 0 Å². The molecule has 0 unspecified atom stereocenters. The molecule has 1 N–H and O–H groups in total. The number of hydrogen-bond donors (Lipinski definition) is 1. The summed E-state index contributed by atoms with van der Waals surface area (Å²) in [6.07, 6.45) is -4.65. The molecule has 2 aromatic rings. The third-order valence-electron chi connectivity index (χ3n) is 7.68.